The molecule has 29 heavy (non-hydrogen) atoms. The molecule has 2 aromatic heterocycles. The predicted octanol–water partition coefficient (Wildman–Crippen LogP) is 2.37. The maximum absolute atomic E-state index is 10.6. The van der Waals surface area contributed by atoms with Gasteiger partial charge in [0.05, 0.1) is 25.2 Å². The second-order valence-electron chi connectivity index (χ2n) is 7.12. The van der Waals surface area contributed by atoms with Gasteiger partial charge >= 0.3 is 12.1 Å². The van der Waals surface area contributed by atoms with Gasteiger partial charge in [-0.25, -0.2) is 19.7 Å². The highest BCUT2D eigenvalue weighted by Gasteiger charge is 2.38. The maximum Gasteiger partial charge on any atom is 0.490 e. The number of hydrogen-bond donors (Lipinski definition) is 1. The summed E-state index contributed by atoms with van der Waals surface area (Å²) in [7, 11) is 0. The summed E-state index contributed by atoms with van der Waals surface area (Å²) in [5.74, 6) is -0.738. The molecule has 2 aromatic rings. The van der Waals surface area contributed by atoms with Crippen molar-refractivity contribution in [1.82, 2.24) is 19.5 Å². The fourth-order valence-corrected chi connectivity index (χ4v) is 2.95. The summed E-state index contributed by atoms with van der Waals surface area (Å²) in [5, 5.41) is 7.12. The van der Waals surface area contributed by atoms with E-state index in [0.29, 0.717) is 5.92 Å². The van der Waals surface area contributed by atoms with Crippen LogP contribution in [0.1, 0.15) is 18.5 Å². The second kappa shape index (κ2) is 9.21. The zero-order chi connectivity index (χ0) is 20.9. The summed E-state index contributed by atoms with van der Waals surface area (Å²) in [6.45, 7) is 4.36. The van der Waals surface area contributed by atoms with Crippen LogP contribution in [0.3, 0.4) is 0 Å². The van der Waals surface area contributed by atoms with Gasteiger partial charge in [-0.1, -0.05) is 0 Å². The van der Waals surface area contributed by atoms with E-state index >= 15 is 0 Å². The van der Waals surface area contributed by atoms with E-state index in [0.717, 1.165) is 44.7 Å². The summed E-state index contributed by atoms with van der Waals surface area (Å²) >= 11 is 0. The zero-order valence-corrected chi connectivity index (χ0v) is 15.6. The van der Waals surface area contributed by atoms with E-state index in [1.54, 1.807) is 12.4 Å². The van der Waals surface area contributed by atoms with Crippen molar-refractivity contribution in [3.8, 4) is 0 Å². The van der Waals surface area contributed by atoms with E-state index in [1.807, 2.05) is 18.6 Å². The van der Waals surface area contributed by atoms with E-state index in [4.69, 9.17) is 14.6 Å². The lowest BCUT2D eigenvalue weighted by molar-refractivity contribution is -0.192. The number of carboxylic acid groups (broad SMARTS) is 1. The Morgan fingerprint density at radius 1 is 1.17 bits per heavy atom. The van der Waals surface area contributed by atoms with Crippen LogP contribution in [0.4, 0.5) is 19.1 Å². The molecule has 1 saturated carbocycles. The first kappa shape index (κ1) is 21.0. The number of alkyl halides is 3. The Balaban J connectivity index is 0.000000298. The van der Waals surface area contributed by atoms with Crippen LogP contribution in [0, 0.1) is 11.8 Å². The third kappa shape index (κ3) is 6.41. The smallest absolute Gasteiger partial charge is 0.475 e. The first-order valence-corrected chi connectivity index (χ1v) is 9.21. The monoisotopic (exact) mass is 413 g/mol. The Morgan fingerprint density at radius 3 is 2.45 bits per heavy atom. The van der Waals surface area contributed by atoms with Crippen molar-refractivity contribution in [3.05, 3.63) is 36.7 Å². The number of rotatable bonds is 5. The lowest BCUT2D eigenvalue weighted by atomic mass is 10.1. The molecule has 11 heteroatoms. The first-order valence-electron chi connectivity index (χ1n) is 9.21. The van der Waals surface area contributed by atoms with Crippen LogP contribution in [0.25, 0.3) is 0 Å². The third-order valence-corrected chi connectivity index (χ3v) is 4.57. The average Bonchev–Trinajstić information content (AvgIpc) is 3.44. The fourth-order valence-electron chi connectivity index (χ4n) is 2.95. The molecule has 1 aliphatic heterocycles. The number of ether oxygens (including phenoxy) is 1. The van der Waals surface area contributed by atoms with Crippen molar-refractivity contribution < 1.29 is 27.8 Å². The van der Waals surface area contributed by atoms with Gasteiger partial charge in [-0.05, 0) is 24.8 Å². The Kier molecular flexibility index (Phi) is 6.68. The summed E-state index contributed by atoms with van der Waals surface area (Å²) in [6, 6.07) is 1.85. The molecule has 1 fully saturated rings. The lowest BCUT2D eigenvalue weighted by Gasteiger charge is -2.23. The molecule has 4 rings (SSSR count). The Morgan fingerprint density at radius 2 is 1.83 bits per heavy atom. The van der Waals surface area contributed by atoms with Gasteiger partial charge in [0.25, 0.3) is 0 Å². The standard InChI is InChI=1S/C16H21N5O.C2HF3O2/c1-4-18-16(19-5-1)20-7-14(11-22-10-13-2-3-13)8-21-12-17-6-15(21)9-20;3-2(4,5)1(6)7/h1,4-6,12-14H,2-3,7-11H2;(H,6,7). The van der Waals surface area contributed by atoms with E-state index in [-0.39, 0.29) is 0 Å². The first-order chi connectivity index (χ1) is 13.8. The van der Waals surface area contributed by atoms with Crippen molar-refractivity contribution in [3.63, 3.8) is 0 Å². The molecule has 0 radical (unpaired) electrons. The van der Waals surface area contributed by atoms with Crippen LogP contribution >= 0.6 is 0 Å². The minimum Gasteiger partial charge on any atom is -0.475 e. The molecule has 158 valence electrons. The topological polar surface area (TPSA) is 93.4 Å². The van der Waals surface area contributed by atoms with Crippen molar-refractivity contribution in [2.24, 2.45) is 11.8 Å². The van der Waals surface area contributed by atoms with Gasteiger partial charge in [0.15, 0.2) is 0 Å². The lowest BCUT2D eigenvalue weighted by Crippen LogP contribution is -2.31. The van der Waals surface area contributed by atoms with Gasteiger partial charge in [-0.15, -0.1) is 0 Å². The quantitative estimate of drug-likeness (QED) is 0.804. The molecule has 1 atom stereocenters. The molecular formula is C18H22F3N5O3. The van der Waals surface area contributed by atoms with Gasteiger partial charge in [0, 0.05) is 44.2 Å². The number of anilines is 1. The second-order valence-corrected chi connectivity index (χ2v) is 7.12. The number of carbonyl (C=O) groups is 1. The summed E-state index contributed by atoms with van der Waals surface area (Å²) in [5.41, 5.74) is 1.21. The van der Waals surface area contributed by atoms with Crippen LogP contribution < -0.4 is 4.90 Å². The Hall–Kier alpha value is -2.69. The zero-order valence-electron chi connectivity index (χ0n) is 15.6. The molecule has 8 nitrogen and oxygen atoms in total. The molecule has 0 amide bonds. The number of aromatic nitrogens is 4. The molecule has 0 saturated heterocycles. The fraction of sp³-hybridized carbons (Fsp3) is 0.556. The van der Waals surface area contributed by atoms with Crippen LogP contribution in [-0.2, 0) is 22.6 Å². The molecule has 2 aliphatic rings. The van der Waals surface area contributed by atoms with Crippen molar-refractivity contribution in [2.75, 3.05) is 24.7 Å². The van der Waals surface area contributed by atoms with E-state index in [9.17, 15) is 13.2 Å². The minimum absolute atomic E-state index is 0.429. The number of hydrogen-bond acceptors (Lipinski definition) is 6. The minimum atomic E-state index is -5.08. The molecule has 1 N–H and O–H groups in total. The van der Waals surface area contributed by atoms with Crippen LogP contribution in [0.5, 0.6) is 0 Å². The maximum atomic E-state index is 10.6. The molecule has 0 bridgehead atoms. The number of fused-ring (bicyclic) bond motifs is 1. The summed E-state index contributed by atoms with van der Waals surface area (Å²) in [6.07, 6.45) is 5.02. The van der Waals surface area contributed by atoms with E-state index < -0.39 is 12.1 Å². The highest BCUT2D eigenvalue weighted by atomic mass is 19.4. The molecule has 0 spiro atoms. The summed E-state index contributed by atoms with van der Waals surface area (Å²) < 4.78 is 39.9. The Labute approximate surface area is 165 Å². The Bertz CT molecular complexity index is 796. The van der Waals surface area contributed by atoms with Crippen LogP contribution in [-0.4, -0.2) is 56.5 Å². The normalized spacial score (nSPS) is 19.0. The van der Waals surface area contributed by atoms with Crippen LogP contribution in [0.2, 0.25) is 0 Å². The average molecular weight is 413 g/mol. The van der Waals surface area contributed by atoms with Gasteiger partial charge in [-0.2, -0.15) is 13.2 Å². The molecule has 1 unspecified atom stereocenters. The number of imidazole rings is 1. The van der Waals surface area contributed by atoms with Gasteiger partial charge in [0.1, 0.15) is 0 Å². The number of halogens is 3. The van der Waals surface area contributed by atoms with E-state index in [2.05, 4.69) is 24.4 Å². The SMILES string of the molecule is O=C(O)C(F)(F)F.c1cnc(N2Cc3cncn3CC(COCC3CC3)C2)nc1. The number of aliphatic carboxylic acids is 1. The molecule has 3 heterocycles. The third-order valence-electron chi connectivity index (χ3n) is 4.57. The predicted molar refractivity (Wildman–Crippen MR) is 96.0 cm³/mol. The number of carboxylic acids is 1. The molecular weight excluding hydrogens is 391 g/mol. The van der Waals surface area contributed by atoms with Crippen molar-refractivity contribution in [1.29, 1.82) is 0 Å². The molecule has 1 aliphatic carbocycles. The van der Waals surface area contributed by atoms with Gasteiger partial charge in [-0.3, -0.25) is 0 Å². The highest BCUT2D eigenvalue weighted by Crippen LogP contribution is 2.29. The number of nitrogens with zero attached hydrogens (tertiary/aromatic N) is 5. The van der Waals surface area contributed by atoms with E-state index in [1.165, 1.54) is 18.5 Å². The van der Waals surface area contributed by atoms with Crippen molar-refractivity contribution in [2.45, 2.75) is 32.1 Å². The molecule has 0 aromatic carbocycles. The van der Waals surface area contributed by atoms with Gasteiger partial charge < -0.3 is 19.3 Å². The van der Waals surface area contributed by atoms with Crippen LogP contribution in [0.15, 0.2) is 31.0 Å². The summed E-state index contributed by atoms with van der Waals surface area (Å²) in [4.78, 5) is 24.2. The van der Waals surface area contributed by atoms with Crippen molar-refractivity contribution >= 4 is 11.9 Å². The van der Waals surface area contributed by atoms with Gasteiger partial charge in [0.2, 0.25) is 5.95 Å². The highest BCUT2D eigenvalue weighted by molar-refractivity contribution is 5.73. The largest absolute Gasteiger partial charge is 0.490 e.